The van der Waals surface area contributed by atoms with Gasteiger partial charge in [0.15, 0.2) is 0 Å². The van der Waals surface area contributed by atoms with Crippen molar-refractivity contribution in [2.75, 3.05) is 4.72 Å². The average Bonchev–Trinajstić information content (AvgIpc) is 3.22. The maximum Gasteiger partial charge on any atom is 0.271 e. The van der Waals surface area contributed by atoms with Crippen LogP contribution in [-0.2, 0) is 20.0 Å². The highest BCUT2D eigenvalue weighted by atomic mass is 32.2. The molecule has 0 fully saturated rings. The summed E-state index contributed by atoms with van der Waals surface area (Å²) in [4.78, 5) is 13.9. The topological polar surface area (TPSA) is 121 Å². The first-order valence-corrected chi connectivity index (χ1v) is 11.8. The van der Waals surface area contributed by atoms with Crippen LogP contribution in [0.3, 0.4) is 0 Å². The van der Waals surface area contributed by atoms with Gasteiger partial charge in [0.05, 0.1) is 16.1 Å². The largest absolute Gasteiger partial charge is 0.278 e. The molecule has 0 bridgehead atoms. The molecule has 1 heterocycles. The SMILES string of the molecule is O=C(NNS(=O)(=O)c1cccc(F)c1)c1ccccc1NS(=O)(=O)c1cccs1. The Morgan fingerprint density at radius 3 is 2.34 bits per heavy atom. The number of carbonyl (C=O) groups excluding carboxylic acids is 1. The van der Waals surface area contributed by atoms with Crippen LogP contribution in [0.4, 0.5) is 10.1 Å². The van der Waals surface area contributed by atoms with E-state index in [-0.39, 0.29) is 20.4 Å². The van der Waals surface area contributed by atoms with E-state index in [0.29, 0.717) is 0 Å². The molecular formula is C17H14FN3O5S3. The van der Waals surface area contributed by atoms with Crippen molar-refractivity contribution >= 4 is 43.0 Å². The lowest BCUT2D eigenvalue weighted by atomic mass is 10.2. The van der Waals surface area contributed by atoms with Gasteiger partial charge in [0.1, 0.15) is 10.0 Å². The second kappa shape index (κ2) is 8.29. The smallest absolute Gasteiger partial charge is 0.271 e. The van der Waals surface area contributed by atoms with Gasteiger partial charge in [-0.15, -0.1) is 16.2 Å². The van der Waals surface area contributed by atoms with Gasteiger partial charge in [-0.05, 0) is 41.8 Å². The molecule has 0 atom stereocenters. The second-order valence-electron chi connectivity index (χ2n) is 5.60. The molecule has 0 unspecified atom stereocenters. The van der Waals surface area contributed by atoms with Gasteiger partial charge in [0.25, 0.3) is 26.0 Å². The van der Waals surface area contributed by atoms with Gasteiger partial charge >= 0.3 is 0 Å². The van der Waals surface area contributed by atoms with Crippen LogP contribution in [0.15, 0.2) is 75.1 Å². The lowest BCUT2D eigenvalue weighted by Gasteiger charge is -2.13. The summed E-state index contributed by atoms with van der Waals surface area (Å²) >= 11 is 1.00. The number of thiophene rings is 1. The summed E-state index contributed by atoms with van der Waals surface area (Å²) in [5.41, 5.74) is 1.83. The van der Waals surface area contributed by atoms with Gasteiger partial charge in [-0.1, -0.05) is 24.3 Å². The summed E-state index contributed by atoms with van der Waals surface area (Å²) in [6, 6.07) is 12.9. The summed E-state index contributed by atoms with van der Waals surface area (Å²) in [6.45, 7) is 0. The number of amides is 1. The second-order valence-corrected chi connectivity index (χ2v) is 10.1. The van der Waals surface area contributed by atoms with Crippen molar-refractivity contribution in [3.05, 3.63) is 77.4 Å². The first-order valence-electron chi connectivity index (χ1n) is 7.92. The number of carbonyl (C=O) groups is 1. The number of anilines is 1. The zero-order valence-corrected chi connectivity index (χ0v) is 16.9. The molecule has 0 aliphatic rings. The molecular weight excluding hydrogens is 441 g/mol. The number of rotatable bonds is 7. The molecule has 1 amide bonds. The van der Waals surface area contributed by atoms with Crippen molar-refractivity contribution in [2.24, 2.45) is 0 Å². The molecule has 29 heavy (non-hydrogen) atoms. The minimum atomic E-state index is -4.23. The Bertz CT molecular complexity index is 1240. The van der Waals surface area contributed by atoms with Crippen LogP contribution in [0.1, 0.15) is 10.4 Å². The lowest BCUT2D eigenvalue weighted by molar-refractivity contribution is 0.0946. The first-order chi connectivity index (χ1) is 13.7. The number of halogens is 1. The number of hydrogen-bond acceptors (Lipinski definition) is 6. The van der Waals surface area contributed by atoms with Crippen molar-refractivity contribution in [1.82, 2.24) is 10.3 Å². The Kier molecular flexibility index (Phi) is 5.98. The highest BCUT2D eigenvalue weighted by Gasteiger charge is 2.21. The summed E-state index contributed by atoms with van der Waals surface area (Å²) in [5.74, 6) is -1.66. The molecule has 0 radical (unpaired) electrons. The van der Waals surface area contributed by atoms with Crippen molar-refractivity contribution in [3.8, 4) is 0 Å². The highest BCUT2D eigenvalue weighted by molar-refractivity contribution is 7.94. The predicted molar refractivity (Wildman–Crippen MR) is 106 cm³/mol. The Morgan fingerprint density at radius 2 is 1.66 bits per heavy atom. The van der Waals surface area contributed by atoms with Crippen LogP contribution in [0.25, 0.3) is 0 Å². The van der Waals surface area contributed by atoms with E-state index in [2.05, 4.69) is 4.72 Å². The van der Waals surface area contributed by atoms with E-state index in [4.69, 9.17) is 0 Å². The average molecular weight is 456 g/mol. The van der Waals surface area contributed by atoms with Crippen LogP contribution < -0.4 is 15.0 Å². The molecule has 0 saturated carbocycles. The molecule has 0 saturated heterocycles. The van der Waals surface area contributed by atoms with Crippen molar-refractivity contribution < 1.29 is 26.0 Å². The maximum absolute atomic E-state index is 13.2. The molecule has 0 aliphatic carbocycles. The Hall–Kier alpha value is -2.80. The zero-order chi connectivity index (χ0) is 21.1. The molecule has 3 rings (SSSR count). The van der Waals surface area contributed by atoms with Crippen molar-refractivity contribution in [1.29, 1.82) is 0 Å². The fourth-order valence-corrected chi connectivity index (χ4v) is 5.20. The maximum atomic E-state index is 13.2. The minimum Gasteiger partial charge on any atom is -0.278 e. The first kappa shape index (κ1) is 20.9. The fourth-order valence-electron chi connectivity index (χ4n) is 2.26. The van der Waals surface area contributed by atoms with Crippen molar-refractivity contribution in [3.63, 3.8) is 0 Å². The van der Waals surface area contributed by atoms with Crippen LogP contribution in [0, 0.1) is 5.82 Å². The van der Waals surface area contributed by atoms with E-state index in [1.54, 1.807) is 11.4 Å². The summed E-state index contributed by atoms with van der Waals surface area (Å²) in [7, 11) is -8.14. The standard InChI is InChI=1S/C17H14FN3O5S3/c18-12-5-3-6-13(11-12)28(23,24)21-19-17(22)14-7-1-2-8-15(14)20-29(25,26)16-9-4-10-27-16/h1-11,20-21H,(H,19,22). The molecule has 1 aromatic heterocycles. The van der Waals surface area contributed by atoms with E-state index in [9.17, 15) is 26.0 Å². The Balaban J connectivity index is 1.79. The Morgan fingerprint density at radius 1 is 0.897 bits per heavy atom. The molecule has 152 valence electrons. The number of hydrogen-bond donors (Lipinski definition) is 3. The van der Waals surface area contributed by atoms with Gasteiger partial charge < -0.3 is 0 Å². The number of sulfonamides is 2. The minimum absolute atomic E-state index is 0.0386. The molecule has 0 aliphatic heterocycles. The number of para-hydroxylation sites is 1. The van der Waals surface area contributed by atoms with E-state index < -0.39 is 31.8 Å². The highest BCUT2D eigenvalue weighted by Crippen LogP contribution is 2.22. The predicted octanol–water partition coefficient (Wildman–Crippen LogP) is 2.31. The van der Waals surface area contributed by atoms with Gasteiger partial charge in [-0.3, -0.25) is 14.9 Å². The molecule has 2 aromatic carbocycles. The van der Waals surface area contributed by atoms with E-state index >= 15 is 0 Å². The quantitative estimate of drug-likeness (QED) is 0.472. The fraction of sp³-hybridized carbons (Fsp3) is 0. The van der Waals surface area contributed by atoms with Crippen molar-refractivity contribution in [2.45, 2.75) is 9.10 Å². The summed E-state index contributed by atoms with van der Waals surface area (Å²) < 4.78 is 64.8. The summed E-state index contributed by atoms with van der Waals surface area (Å²) in [6.07, 6.45) is 0. The number of benzene rings is 2. The third-order valence-electron chi connectivity index (χ3n) is 3.58. The van der Waals surface area contributed by atoms with Crippen LogP contribution in [0.5, 0.6) is 0 Å². The zero-order valence-electron chi connectivity index (χ0n) is 14.5. The van der Waals surface area contributed by atoms with Gasteiger partial charge in [0.2, 0.25) is 0 Å². The van der Waals surface area contributed by atoms with Crippen LogP contribution >= 0.6 is 11.3 Å². The van der Waals surface area contributed by atoms with E-state index in [0.717, 1.165) is 29.5 Å². The lowest BCUT2D eigenvalue weighted by Crippen LogP contribution is -2.41. The molecule has 3 aromatic rings. The normalized spacial score (nSPS) is 11.8. The monoisotopic (exact) mass is 455 g/mol. The molecule has 0 spiro atoms. The third kappa shape index (κ3) is 4.98. The van der Waals surface area contributed by atoms with Gasteiger partial charge in [-0.25, -0.2) is 21.2 Å². The van der Waals surface area contributed by atoms with Crippen LogP contribution in [0.2, 0.25) is 0 Å². The number of hydrazine groups is 1. The number of nitrogens with one attached hydrogen (secondary N) is 3. The van der Waals surface area contributed by atoms with Gasteiger partial charge in [-0.2, -0.15) is 0 Å². The van der Waals surface area contributed by atoms with E-state index in [1.165, 1.54) is 36.4 Å². The molecule has 12 heteroatoms. The third-order valence-corrected chi connectivity index (χ3v) is 7.59. The van der Waals surface area contributed by atoms with Crippen LogP contribution in [-0.4, -0.2) is 22.7 Å². The molecule has 3 N–H and O–H groups in total. The van der Waals surface area contributed by atoms with E-state index in [1.807, 2.05) is 10.3 Å². The molecule has 8 nitrogen and oxygen atoms in total. The Labute approximate surface area is 170 Å². The van der Waals surface area contributed by atoms with Gasteiger partial charge in [0, 0.05) is 0 Å². The summed E-state index contributed by atoms with van der Waals surface area (Å²) in [5, 5.41) is 1.59.